The summed E-state index contributed by atoms with van der Waals surface area (Å²) in [5.41, 5.74) is 6.58. The van der Waals surface area contributed by atoms with Crippen molar-refractivity contribution in [1.29, 1.82) is 15.8 Å². The predicted octanol–water partition coefficient (Wildman–Crippen LogP) is 3.47. The maximum absolute atomic E-state index is 9.89. The molecule has 0 radical (unpaired) electrons. The molecule has 6 heteroatoms. The fourth-order valence-corrected chi connectivity index (χ4v) is 4.44. The summed E-state index contributed by atoms with van der Waals surface area (Å²) in [6.45, 7) is 5.48. The number of nitrogens with two attached hydrogens (primary N) is 1. The zero-order chi connectivity index (χ0) is 19.8. The first-order valence-electron chi connectivity index (χ1n) is 8.83. The Balaban J connectivity index is 2.31. The summed E-state index contributed by atoms with van der Waals surface area (Å²) in [5, 5.41) is 30.1. The highest BCUT2D eigenvalue weighted by Crippen LogP contribution is 2.53. The molecule has 0 fully saturated rings. The summed E-state index contributed by atoms with van der Waals surface area (Å²) in [5.74, 6) is -0.548. The van der Waals surface area contributed by atoms with E-state index in [0.29, 0.717) is 29.7 Å². The Morgan fingerprint density at radius 3 is 2.44 bits per heavy atom. The molecule has 0 saturated heterocycles. The third-order valence-corrected chi connectivity index (χ3v) is 5.97. The van der Waals surface area contributed by atoms with E-state index in [1.54, 1.807) is 6.07 Å². The van der Waals surface area contributed by atoms with Crippen LogP contribution in [0.5, 0.6) is 0 Å². The average Bonchev–Trinajstić information content (AvgIpc) is 2.67. The molecule has 0 bridgehead atoms. The number of allylic oxidation sites excluding steroid dienone is 2. The van der Waals surface area contributed by atoms with Crippen LogP contribution in [0, 0.1) is 45.3 Å². The van der Waals surface area contributed by atoms with Gasteiger partial charge < -0.3 is 5.73 Å². The predicted molar refractivity (Wildman–Crippen MR) is 103 cm³/mol. The van der Waals surface area contributed by atoms with Crippen LogP contribution in [0.4, 0.5) is 0 Å². The van der Waals surface area contributed by atoms with Gasteiger partial charge in [-0.05, 0) is 31.1 Å². The first-order valence-corrected chi connectivity index (χ1v) is 9.20. The van der Waals surface area contributed by atoms with E-state index in [0.717, 1.165) is 5.56 Å². The van der Waals surface area contributed by atoms with Gasteiger partial charge in [-0.3, -0.25) is 4.90 Å². The molecule has 2 aliphatic rings. The lowest BCUT2D eigenvalue weighted by Crippen LogP contribution is -2.48. The molecule has 0 saturated carbocycles. The zero-order valence-corrected chi connectivity index (χ0v) is 16.0. The van der Waals surface area contributed by atoms with Crippen LogP contribution in [0.1, 0.15) is 25.3 Å². The van der Waals surface area contributed by atoms with Gasteiger partial charge in [0.05, 0.1) is 23.8 Å². The second-order valence-electron chi connectivity index (χ2n) is 7.23. The van der Waals surface area contributed by atoms with Crippen LogP contribution in [-0.2, 0) is 0 Å². The van der Waals surface area contributed by atoms with Crippen molar-refractivity contribution in [3.63, 3.8) is 0 Å². The van der Waals surface area contributed by atoms with Crippen molar-refractivity contribution < 1.29 is 0 Å². The van der Waals surface area contributed by atoms with Crippen LogP contribution in [-0.4, -0.2) is 24.0 Å². The smallest absolute Gasteiger partial charge is 0.201 e. The number of nitriles is 3. The molecule has 2 N–H and O–H groups in total. The molecule has 1 heterocycles. The fraction of sp³-hybridized carbons (Fsp3) is 0.381. The number of nitrogens with zero attached hydrogens (tertiary/aromatic N) is 4. The number of benzene rings is 1. The van der Waals surface area contributed by atoms with Crippen molar-refractivity contribution in [3.05, 3.63) is 57.8 Å². The van der Waals surface area contributed by atoms with Crippen molar-refractivity contribution in [1.82, 2.24) is 4.90 Å². The summed E-state index contributed by atoms with van der Waals surface area (Å²) < 4.78 is 0. The molecule has 27 heavy (non-hydrogen) atoms. The first-order chi connectivity index (χ1) is 12.9. The quantitative estimate of drug-likeness (QED) is 0.795. The van der Waals surface area contributed by atoms with Gasteiger partial charge >= 0.3 is 0 Å². The van der Waals surface area contributed by atoms with Crippen molar-refractivity contribution in [2.75, 3.05) is 13.1 Å². The van der Waals surface area contributed by atoms with Gasteiger partial charge in [-0.2, -0.15) is 15.8 Å². The third kappa shape index (κ3) is 2.79. The summed E-state index contributed by atoms with van der Waals surface area (Å²) in [4.78, 5) is 2.27. The van der Waals surface area contributed by atoms with Crippen LogP contribution < -0.4 is 5.73 Å². The van der Waals surface area contributed by atoms with Gasteiger partial charge in [0.2, 0.25) is 5.41 Å². The van der Waals surface area contributed by atoms with Gasteiger partial charge in [0.1, 0.15) is 0 Å². The van der Waals surface area contributed by atoms with Crippen LogP contribution in [0.2, 0.25) is 5.02 Å². The molecule has 2 atom stereocenters. The molecule has 136 valence electrons. The van der Waals surface area contributed by atoms with Crippen molar-refractivity contribution in [3.8, 4) is 18.2 Å². The van der Waals surface area contributed by atoms with Crippen LogP contribution in [0.25, 0.3) is 0 Å². The Bertz CT molecular complexity index is 940. The van der Waals surface area contributed by atoms with Crippen molar-refractivity contribution >= 4 is 11.6 Å². The maximum atomic E-state index is 9.89. The standard InChI is InChI=1S/C21H20ClN5/c1-13(2)27-8-7-16-15(10-27)19(14-5-3-4-6-18(14)22)20(26)17(9-23)21(16,11-24)12-25/h3-7,13,15,19H,8,10,26H2,1-2H3/t15-,19-/m1/s1. The van der Waals surface area contributed by atoms with Crippen LogP contribution in [0.3, 0.4) is 0 Å². The average molecular weight is 378 g/mol. The van der Waals surface area contributed by atoms with E-state index in [4.69, 9.17) is 17.3 Å². The van der Waals surface area contributed by atoms with Crippen molar-refractivity contribution in [2.45, 2.75) is 25.8 Å². The molecule has 0 aromatic heterocycles. The minimum atomic E-state index is -1.63. The second-order valence-corrected chi connectivity index (χ2v) is 7.64. The molecule has 1 aromatic rings. The van der Waals surface area contributed by atoms with Gasteiger partial charge in [0.15, 0.2) is 0 Å². The summed E-state index contributed by atoms with van der Waals surface area (Å²) in [7, 11) is 0. The Kier molecular flexibility index (Phi) is 4.99. The van der Waals surface area contributed by atoms with Gasteiger partial charge in [0.25, 0.3) is 0 Å². The molecule has 5 nitrogen and oxygen atoms in total. The second kappa shape index (κ2) is 7.09. The molecular formula is C21H20ClN5. The highest BCUT2D eigenvalue weighted by molar-refractivity contribution is 6.31. The van der Waals surface area contributed by atoms with Gasteiger partial charge in [-0.15, -0.1) is 0 Å². The lowest BCUT2D eigenvalue weighted by Gasteiger charge is -2.46. The summed E-state index contributed by atoms with van der Waals surface area (Å²) in [6.07, 6.45) is 1.92. The van der Waals surface area contributed by atoms with Crippen molar-refractivity contribution in [2.24, 2.45) is 17.1 Å². The third-order valence-electron chi connectivity index (χ3n) is 5.63. The molecule has 0 spiro atoms. The lowest BCUT2D eigenvalue weighted by atomic mass is 9.59. The maximum Gasteiger partial charge on any atom is 0.201 e. The van der Waals surface area contributed by atoms with E-state index in [9.17, 15) is 15.8 Å². The van der Waals surface area contributed by atoms with Gasteiger partial charge in [-0.1, -0.05) is 35.9 Å². The van der Waals surface area contributed by atoms with E-state index in [1.165, 1.54) is 0 Å². The molecule has 1 aliphatic heterocycles. The molecule has 1 aromatic carbocycles. The lowest BCUT2D eigenvalue weighted by molar-refractivity contribution is 0.185. The Morgan fingerprint density at radius 2 is 1.89 bits per heavy atom. The first kappa shape index (κ1) is 19.0. The fourth-order valence-electron chi connectivity index (χ4n) is 4.19. The molecule has 1 aliphatic carbocycles. The Morgan fingerprint density at radius 1 is 1.22 bits per heavy atom. The van der Waals surface area contributed by atoms with E-state index in [2.05, 4.69) is 30.9 Å². The summed E-state index contributed by atoms with van der Waals surface area (Å²) >= 11 is 6.46. The Labute approximate surface area is 164 Å². The number of fused-ring (bicyclic) bond motifs is 1. The highest BCUT2D eigenvalue weighted by atomic mass is 35.5. The number of hydrogen-bond donors (Lipinski definition) is 1. The van der Waals surface area contributed by atoms with E-state index in [1.807, 2.05) is 30.3 Å². The van der Waals surface area contributed by atoms with Gasteiger partial charge in [-0.25, -0.2) is 0 Å². The number of rotatable bonds is 2. The SMILES string of the molecule is CC(C)N1CC=C2[C@@H](C1)[C@@H](c1ccccc1Cl)C(N)=C(C#N)C2(C#N)C#N. The molecule has 0 amide bonds. The van der Waals surface area contributed by atoms with E-state index >= 15 is 0 Å². The zero-order valence-electron chi connectivity index (χ0n) is 15.3. The largest absolute Gasteiger partial charge is 0.401 e. The molecule has 3 rings (SSSR count). The van der Waals surface area contributed by atoms with E-state index in [-0.39, 0.29) is 23.1 Å². The minimum Gasteiger partial charge on any atom is -0.401 e. The Hall–Kier alpha value is -2.78. The molecule has 0 unspecified atom stereocenters. The summed E-state index contributed by atoms with van der Waals surface area (Å²) in [6, 6.07) is 13.9. The number of halogens is 1. The van der Waals surface area contributed by atoms with Crippen LogP contribution >= 0.6 is 11.6 Å². The van der Waals surface area contributed by atoms with E-state index < -0.39 is 5.41 Å². The number of hydrogen-bond acceptors (Lipinski definition) is 5. The van der Waals surface area contributed by atoms with Gasteiger partial charge in [0, 0.05) is 41.7 Å². The monoisotopic (exact) mass is 377 g/mol. The minimum absolute atomic E-state index is 0.0258. The molecular weight excluding hydrogens is 358 g/mol. The topological polar surface area (TPSA) is 101 Å². The normalized spacial score (nSPS) is 24.4. The van der Waals surface area contributed by atoms with Crippen LogP contribution in [0.15, 0.2) is 47.2 Å². The highest BCUT2D eigenvalue weighted by Gasteiger charge is 2.53.